The largest absolute Gasteiger partial charge is 0.493 e. The maximum absolute atomic E-state index is 12.6. The number of ether oxygens (including phenoxy) is 1. The number of nitrogens with one attached hydrogen (secondary N) is 1. The SMILES string of the molecule is C#C/C(=C\c1ccc(OS(=O)(=O)c2ccc(C)cc2)c(OC)c1)C(=N)N(CC)C(C)=O. The van der Waals surface area contributed by atoms with Gasteiger partial charge in [0, 0.05) is 13.5 Å². The smallest absolute Gasteiger partial charge is 0.339 e. The molecule has 0 aliphatic heterocycles. The summed E-state index contributed by atoms with van der Waals surface area (Å²) in [5, 5.41) is 8.21. The molecule has 0 aliphatic rings. The number of terminal acetylenes is 1. The summed E-state index contributed by atoms with van der Waals surface area (Å²) in [7, 11) is -2.67. The average molecular weight is 441 g/mol. The molecule has 2 aromatic rings. The summed E-state index contributed by atoms with van der Waals surface area (Å²) in [6.45, 7) is 5.26. The summed E-state index contributed by atoms with van der Waals surface area (Å²) in [4.78, 5) is 13.0. The number of carbonyl (C=O) groups is 1. The molecule has 0 saturated heterocycles. The molecule has 1 amide bonds. The first kappa shape index (κ1) is 23.7. The van der Waals surface area contributed by atoms with Crippen LogP contribution in [0.1, 0.15) is 25.0 Å². The van der Waals surface area contributed by atoms with Gasteiger partial charge in [0.1, 0.15) is 10.7 Å². The number of hydrogen-bond donors (Lipinski definition) is 1. The number of methoxy groups -OCH3 is 1. The molecular formula is C23H24N2O5S. The van der Waals surface area contributed by atoms with Gasteiger partial charge in [-0.2, -0.15) is 8.42 Å². The van der Waals surface area contributed by atoms with Crippen molar-refractivity contribution in [2.24, 2.45) is 0 Å². The number of amides is 1. The van der Waals surface area contributed by atoms with Crippen molar-refractivity contribution in [3.05, 3.63) is 59.2 Å². The van der Waals surface area contributed by atoms with E-state index >= 15 is 0 Å². The Hall–Kier alpha value is -3.57. The summed E-state index contributed by atoms with van der Waals surface area (Å²) in [5.41, 5.74) is 1.67. The van der Waals surface area contributed by atoms with Gasteiger partial charge in [0.15, 0.2) is 11.5 Å². The van der Waals surface area contributed by atoms with Crippen LogP contribution in [0.5, 0.6) is 11.5 Å². The third-order valence-corrected chi connectivity index (χ3v) is 5.63. The summed E-state index contributed by atoms with van der Waals surface area (Å²) in [6.07, 6.45) is 7.08. The number of rotatable bonds is 7. The Morgan fingerprint density at radius 1 is 1.19 bits per heavy atom. The van der Waals surface area contributed by atoms with Crippen LogP contribution < -0.4 is 8.92 Å². The van der Waals surface area contributed by atoms with Gasteiger partial charge in [0.25, 0.3) is 0 Å². The maximum Gasteiger partial charge on any atom is 0.339 e. The van der Waals surface area contributed by atoms with Crippen LogP contribution in [-0.4, -0.2) is 38.7 Å². The van der Waals surface area contributed by atoms with Crippen molar-refractivity contribution in [2.75, 3.05) is 13.7 Å². The Morgan fingerprint density at radius 3 is 2.35 bits per heavy atom. The van der Waals surface area contributed by atoms with Crippen LogP contribution >= 0.6 is 0 Å². The number of nitrogens with zero attached hydrogens (tertiary/aromatic N) is 1. The minimum atomic E-state index is -4.05. The van der Waals surface area contributed by atoms with E-state index in [1.807, 2.05) is 6.92 Å². The predicted octanol–water partition coefficient (Wildman–Crippen LogP) is 3.63. The summed E-state index contributed by atoms with van der Waals surface area (Å²) in [6, 6.07) is 10.8. The topological polar surface area (TPSA) is 96.8 Å². The first-order chi connectivity index (χ1) is 14.6. The predicted molar refractivity (Wildman–Crippen MR) is 120 cm³/mol. The van der Waals surface area contributed by atoms with Gasteiger partial charge < -0.3 is 8.92 Å². The molecule has 0 bridgehead atoms. The van der Waals surface area contributed by atoms with Crippen molar-refractivity contribution in [3.63, 3.8) is 0 Å². The number of hydrogen-bond acceptors (Lipinski definition) is 6. The van der Waals surface area contributed by atoms with Crippen molar-refractivity contribution in [2.45, 2.75) is 25.7 Å². The van der Waals surface area contributed by atoms with E-state index in [1.165, 1.54) is 49.3 Å². The highest BCUT2D eigenvalue weighted by molar-refractivity contribution is 7.87. The Morgan fingerprint density at radius 2 is 1.84 bits per heavy atom. The lowest BCUT2D eigenvalue weighted by Gasteiger charge is -2.19. The molecule has 0 radical (unpaired) electrons. The lowest BCUT2D eigenvalue weighted by atomic mass is 10.1. The summed E-state index contributed by atoms with van der Waals surface area (Å²) >= 11 is 0. The zero-order valence-corrected chi connectivity index (χ0v) is 18.6. The van der Waals surface area contributed by atoms with Crippen LogP contribution in [0.25, 0.3) is 6.08 Å². The van der Waals surface area contributed by atoms with E-state index in [2.05, 4.69) is 5.92 Å². The van der Waals surface area contributed by atoms with Crippen molar-refractivity contribution >= 4 is 27.9 Å². The molecule has 162 valence electrons. The van der Waals surface area contributed by atoms with Gasteiger partial charge in [-0.3, -0.25) is 15.1 Å². The molecule has 0 unspecified atom stereocenters. The van der Waals surface area contributed by atoms with E-state index in [9.17, 15) is 13.2 Å². The van der Waals surface area contributed by atoms with Crippen molar-refractivity contribution < 1.29 is 22.1 Å². The zero-order valence-electron chi connectivity index (χ0n) is 17.8. The van der Waals surface area contributed by atoms with Crippen LogP contribution in [-0.2, 0) is 14.9 Å². The highest BCUT2D eigenvalue weighted by atomic mass is 32.2. The van der Waals surface area contributed by atoms with Gasteiger partial charge in [-0.15, -0.1) is 6.42 Å². The fraction of sp³-hybridized carbons (Fsp3) is 0.217. The van der Waals surface area contributed by atoms with Crippen LogP contribution in [0.4, 0.5) is 0 Å². The average Bonchev–Trinajstić information content (AvgIpc) is 2.73. The van der Waals surface area contributed by atoms with Crippen LogP contribution in [0.3, 0.4) is 0 Å². The van der Waals surface area contributed by atoms with Gasteiger partial charge >= 0.3 is 10.1 Å². The van der Waals surface area contributed by atoms with Crippen molar-refractivity contribution in [1.82, 2.24) is 4.90 Å². The second-order valence-electron chi connectivity index (χ2n) is 6.58. The minimum Gasteiger partial charge on any atom is -0.493 e. The quantitative estimate of drug-likeness (QED) is 0.307. The number of amidine groups is 1. The number of aryl methyl sites for hydroxylation is 1. The van der Waals surface area contributed by atoms with E-state index < -0.39 is 10.1 Å². The molecule has 2 aromatic carbocycles. The second-order valence-corrected chi connectivity index (χ2v) is 8.12. The van der Waals surface area contributed by atoms with Crippen LogP contribution in [0.15, 0.2) is 52.9 Å². The first-order valence-corrected chi connectivity index (χ1v) is 10.8. The molecule has 0 aliphatic carbocycles. The van der Waals surface area contributed by atoms with Crippen LogP contribution in [0, 0.1) is 24.7 Å². The van der Waals surface area contributed by atoms with Crippen molar-refractivity contribution in [1.29, 1.82) is 5.41 Å². The summed E-state index contributed by atoms with van der Waals surface area (Å²) < 4.78 is 35.7. The first-order valence-electron chi connectivity index (χ1n) is 9.37. The maximum atomic E-state index is 12.6. The van der Waals surface area contributed by atoms with E-state index in [1.54, 1.807) is 25.1 Å². The minimum absolute atomic E-state index is 0.0106. The standard InChI is InChI=1S/C23H24N2O5S/c1-6-19(23(24)25(7-2)17(4)26)14-18-10-13-21(22(15-18)29-5)30-31(27,28)20-11-8-16(3)9-12-20/h1,8-15,24H,7H2,2-5H3/b19-14+,24-23?. The lowest BCUT2D eigenvalue weighted by Crippen LogP contribution is -2.35. The lowest BCUT2D eigenvalue weighted by molar-refractivity contribution is -0.124. The van der Waals surface area contributed by atoms with E-state index in [0.717, 1.165) is 5.56 Å². The molecule has 0 fully saturated rings. The molecule has 0 heterocycles. The third kappa shape index (κ3) is 5.74. The molecule has 1 N–H and O–H groups in total. The fourth-order valence-electron chi connectivity index (χ4n) is 2.74. The summed E-state index contributed by atoms with van der Waals surface area (Å²) in [5.74, 6) is 2.20. The van der Waals surface area contributed by atoms with Gasteiger partial charge in [-0.05, 0) is 49.8 Å². The number of likely N-dealkylation sites (N-methyl/N-ethyl adjacent to an activating group) is 1. The van der Waals surface area contributed by atoms with E-state index in [-0.39, 0.29) is 33.7 Å². The Bertz CT molecular complexity index is 1160. The molecule has 0 atom stereocenters. The fourth-order valence-corrected chi connectivity index (χ4v) is 3.68. The van der Waals surface area contributed by atoms with E-state index in [0.29, 0.717) is 12.1 Å². The molecule has 7 nitrogen and oxygen atoms in total. The highest BCUT2D eigenvalue weighted by Crippen LogP contribution is 2.31. The van der Waals surface area contributed by atoms with Gasteiger partial charge in [-0.1, -0.05) is 29.7 Å². The molecule has 8 heteroatoms. The number of carbonyl (C=O) groups excluding carboxylic acids is 1. The molecule has 2 rings (SSSR count). The molecule has 31 heavy (non-hydrogen) atoms. The molecule has 0 aromatic heterocycles. The Balaban J connectivity index is 2.37. The zero-order chi connectivity index (χ0) is 23.2. The van der Waals surface area contributed by atoms with Gasteiger partial charge in [0.2, 0.25) is 5.91 Å². The third-order valence-electron chi connectivity index (χ3n) is 4.38. The Kier molecular flexibility index (Phi) is 7.61. The monoisotopic (exact) mass is 440 g/mol. The van der Waals surface area contributed by atoms with Gasteiger partial charge in [-0.25, -0.2) is 0 Å². The second kappa shape index (κ2) is 9.96. The van der Waals surface area contributed by atoms with Crippen LogP contribution in [0.2, 0.25) is 0 Å². The Labute approximate surface area is 182 Å². The molecular weight excluding hydrogens is 416 g/mol. The van der Waals surface area contributed by atoms with Crippen molar-refractivity contribution in [3.8, 4) is 23.8 Å². The van der Waals surface area contributed by atoms with E-state index in [4.69, 9.17) is 20.8 Å². The number of benzene rings is 2. The normalized spacial score (nSPS) is 11.4. The highest BCUT2D eigenvalue weighted by Gasteiger charge is 2.20. The molecule has 0 spiro atoms. The molecule has 0 saturated carbocycles. The van der Waals surface area contributed by atoms with Gasteiger partial charge in [0.05, 0.1) is 12.7 Å².